The van der Waals surface area contributed by atoms with E-state index in [0.29, 0.717) is 0 Å². The molecule has 2 atom stereocenters. The zero-order chi connectivity index (χ0) is 21.6. The highest BCUT2D eigenvalue weighted by atomic mass is 16.7. The van der Waals surface area contributed by atoms with Crippen molar-refractivity contribution in [3.05, 3.63) is 18.3 Å². The van der Waals surface area contributed by atoms with E-state index >= 15 is 0 Å². The monoisotopic (exact) mass is 403 g/mol. The van der Waals surface area contributed by atoms with Gasteiger partial charge >= 0.3 is 13.2 Å². The van der Waals surface area contributed by atoms with E-state index in [0.717, 1.165) is 30.7 Å². The van der Waals surface area contributed by atoms with Crippen molar-refractivity contribution >= 4 is 24.5 Å². The smallest absolute Gasteiger partial charge is 0.446 e. The molecule has 7 nitrogen and oxygen atoms in total. The summed E-state index contributed by atoms with van der Waals surface area (Å²) in [6.07, 6.45) is 2.44. The zero-order valence-electron chi connectivity index (χ0n) is 18.7. The molecule has 0 aromatic carbocycles. The molecule has 8 heteroatoms. The summed E-state index contributed by atoms with van der Waals surface area (Å²) in [5.41, 5.74) is 5.37. The first-order valence-corrected chi connectivity index (χ1v) is 10.3. The number of piperidine rings is 1. The molecule has 3 rings (SSSR count). The second kappa shape index (κ2) is 7.47. The van der Waals surface area contributed by atoms with Crippen molar-refractivity contribution in [3.63, 3.8) is 0 Å². The lowest BCUT2D eigenvalue weighted by Crippen LogP contribution is -2.52. The zero-order valence-corrected chi connectivity index (χ0v) is 18.7. The molecule has 2 fully saturated rings. The molecule has 1 amide bonds. The minimum absolute atomic E-state index is 0.00818. The summed E-state index contributed by atoms with van der Waals surface area (Å²) < 4.78 is 17.5. The first kappa shape index (κ1) is 21.9. The topological polar surface area (TPSA) is 86.9 Å². The number of nitrogens with two attached hydrogens (primary N) is 1. The minimum atomic E-state index is -0.707. The average Bonchev–Trinajstić information content (AvgIpc) is 2.81. The van der Waals surface area contributed by atoms with E-state index in [1.165, 1.54) is 0 Å². The van der Waals surface area contributed by atoms with E-state index in [1.54, 1.807) is 0 Å². The van der Waals surface area contributed by atoms with Gasteiger partial charge in [-0.2, -0.15) is 0 Å². The Balaban J connectivity index is 1.77. The number of nitrogens with zero attached hydrogens (tertiary/aromatic N) is 2. The van der Waals surface area contributed by atoms with Crippen LogP contribution in [0.5, 0.6) is 0 Å². The Kier molecular flexibility index (Phi) is 5.64. The molecule has 0 bridgehead atoms. The highest BCUT2D eigenvalue weighted by Gasteiger charge is 2.51. The lowest BCUT2D eigenvalue weighted by atomic mass is 9.79. The van der Waals surface area contributed by atoms with E-state index in [4.69, 9.17) is 24.8 Å². The van der Waals surface area contributed by atoms with Crippen molar-refractivity contribution in [2.45, 2.75) is 84.7 Å². The predicted octanol–water partition coefficient (Wildman–Crippen LogP) is 2.86. The molecule has 2 unspecified atom stereocenters. The van der Waals surface area contributed by atoms with Gasteiger partial charge < -0.3 is 24.7 Å². The first-order valence-electron chi connectivity index (χ1n) is 10.3. The quantitative estimate of drug-likeness (QED) is 0.781. The normalized spacial score (nSPS) is 26.4. The van der Waals surface area contributed by atoms with Crippen LogP contribution in [0.4, 0.5) is 10.6 Å². The van der Waals surface area contributed by atoms with Gasteiger partial charge in [-0.1, -0.05) is 26.8 Å². The van der Waals surface area contributed by atoms with Crippen LogP contribution in [0.1, 0.15) is 61.3 Å². The maximum atomic E-state index is 11.2. The molecular weight excluding hydrogens is 369 g/mol. The van der Waals surface area contributed by atoms with Crippen molar-refractivity contribution in [3.8, 4) is 0 Å². The summed E-state index contributed by atoms with van der Waals surface area (Å²) in [5, 5.41) is 0. The summed E-state index contributed by atoms with van der Waals surface area (Å²) in [6, 6.07) is 4.22. The van der Waals surface area contributed by atoms with Gasteiger partial charge in [-0.25, -0.2) is 9.78 Å². The van der Waals surface area contributed by atoms with Gasteiger partial charge in [0, 0.05) is 37.1 Å². The summed E-state index contributed by atoms with van der Waals surface area (Å²) in [4.78, 5) is 18.2. The molecule has 0 aliphatic carbocycles. The van der Waals surface area contributed by atoms with Crippen LogP contribution < -0.4 is 16.1 Å². The number of amides is 1. The average molecular weight is 403 g/mol. The number of carbonyl (C=O) groups excluding carboxylic acids is 1. The minimum Gasteiger partial charge on any atom is -0.446 e. The van der Waals surface area contributed by atoms with Crippen LogP contribution in [0.15, 0.2) is 18.3 Å². The molecule has 2 saturated heterocycles. The van der Waals surface area contributed by atoms with Gasteiger partial charge in [0.25, 0.3) is 0 Å². The van der Waals surface area contributed by atoms with Crippen LogP contribution in [-0.4, -0.2) is 48.1 Å². The summed E-state index contributed by atoms with van der Waals surface area (Å²) in [5.74, 6) is 0.905. The van der Waals surface area contributed by atoms with Crippen LogP contribution in [-0.2, 0) is 14.0 Å². The summed E-state index contributed by atoms with van der Waals surface area (Å²) in [7, 11) is -0.422. The largest absolute Gasteiger partial charge is 0.496 e. The summed E-state index contributed by atoms with van der Waals surface area (Å²) >= 11 is 0. The number of pyridine rings is 1. The van der Waals surface area contributed by atoms with E-state index in [-0.39, 0.29) is 28.8 Å². The Hall–Kier alpha value is -1.80. The second-order valence-corrected chi connectivity index (χ2v) is 10.2. The van der Waals surface area contributed by atoms with Crippen molar-refractivity contribution in [1.82, 2.24) is 4.98 Å². The van der Waals surface area contributed by atoms with E-state index in [9.17, 15) is 4.79 Å². The lowest BCUT2D eigenvalue weighted by Gasteiger charge is -2.46. The Morgan fingerprint density at radius 2 is 1.86 bits per heavy atom. The van der Waals surface area contributed by atoms with Crippen LogP contribution in [0.25, 0.3) is 0 Å². The van der Waals surface area contributed by atoms with Gasteiger partial charge in [-0.3, -0.25) is 0 Å². The molecule has 1 aromatic heterocycles. The molecule has 0 saturated carbocycles. The SMILES string of the molecule is CC(C)(C)C1CC(OC(N)=O)CCN1c1ccc(B2OC(C)(C)C(C)(C)O2)cn1. The molecule has 2 N–H and O–H groups in total. The maximum absolute atomic E-state index is 11.2. The molecule has 2 aliphatic heterocycles. The highest BCUT2D eigenvalue weighted by molar-refractivity contribution is 6.62. The van der Waals surface area contributed by atoms with E-state index < -0.39 is 13.2 Å². The fraction of sp³-hybridized carbons (Fsp3) is 0.714. The molecule has 3 heterocycles. The van der Waals surface area contributed by atoms with Crippen LogP contribution >= 0.6 is 0 Å². The summed E-state index contributed by atoms with van der Waals surface area (Å²) in [6.45, 7) is 15.5. The molecular formula is C21H34BN3O4. The number of primary amides is 1. The number of aromatic nitrogens is 1. The predicted molar refractivity (Wildman–Crippen MR) is 114 cm³/mol. The Morgan fingerprint density at radius 3 is 2.34 bits per heavy atom. The van der Waals surface area contributed by atoms with Gasteiger partial charge in [0.15, 0.2) is 0 Å². The molecule has 160 valence electrons. The molecule has 29 heavy (non-hydrogen) atoms. The lowest BCUT2D eigenvalue weighted by molar-refractivity contribution is 0.00578. The van der Waals surface area contributed by atoms with Gasteiger partial charge in [-0.15, -0.1) is 0 Å². The number of hydrogen-bond donors (Lipinski definition) is 1. The third-order valence-electron chi connectivity index (χ3n) is 6.43. The van der Waals surface area contributed by atoms with Gasteiger partial charge in [0.2, 0.25) is 0 Å². The number of anilines is 1. The van der Waals surface area contributed by atoms with Gasteiger partial charge in [0.1, 0.15) is 11.9 Å². The van der Waals surface area contributed by atoms with Crippen molar-refractivity contribution in [2.24, 2.45) is 11.1 Å². The first-order chi connectivity index (χ1) is 13.3. The number of carbonyl (C=O) groups is 1. The maximum Gasteiger partial charge on any atom is 0.496 e. The molecule has 0 radical (unpaired) electrons. The fourth-order valence-corrected chi connectivity index (χ4v) is 3.99. The molecule has 1 aromatic rings. The van der Waals surface area contributed by atoms with Crippen molar-refractivity contribution in [1.29, 1.82) is 0 Å². The molecule has 2 aliphatic rings. The third-order valence-corrected chi connectivity index (χ3v) is 6.43. The Bertz CT molecular complexity index is 729. The molecule has 0 spiro atoms. The second-order valence-electron chi connectivity index (χ2n) is 10.2. The third kappa shape index (κ3) is 4.53. The van der Waals surface area contributed by atoms with Gasteiger partial charge in [-0.05, 0) is 39.2 Å². The fourth-order valence-electron chi connectivity index (χ4n) is 3.99. The van der Waals surface area contributed by atoms with Crippen LogP contribution in [0.3, 0.4) is 0 Å². The van der Waals surface area contributed by atoms with E-state index in [2.05, 4.69) is 25.7 Å². The van der Waals surface area contributed by atoms with Crippen molar-refractivity contribution in [2.75, 3.05) is 11.4 Å². The van der Waals surface area contributed by atoms with E-state index in [1.807, 2.05) is 46.0 Å². The van der Waals surface area contributed by atoms with Gasteiger partial charge in [0.05, 0.1) is 11.2 Å². The number of ether oxygens (including phenoxy) is 1. The van der Waals surface area contributed by atoms with Crippen molar-refractivity contribution < 1.29 is 18.8 Å². The number of hydrogen-bond acceptors (Lipinski definition) is 6. The Morgan fingerprint density at radius 1 is 1.24 bits per heavy atom. The highest BCUT2D eigenvalue weighted by Crippen LogP contribution is 2.37. The standard InChI is InChI=1S/C21H34BN3O4/c1-19(2,3)16-12-15(27-18(23)26)10-11-25(16)17-9-8-14(13-24-17)22-28-20(4,5)21(6,7)29-22/h8-9,13,15-16H,10-12H2,1-7H3,(H2,23,26). The van der Waals surface area contributed by atoms with Crippen LogP contribution in [0.2, 0.25) is 0 Å². The number of rotatable bonds is 3. The van der Waals surface area contributed by atoms with Crippen LogP contribution in [0, 0.1) is 5.41 Å². The Labute approximate surface area is 174 Å².